The van der Waals surface area contributed by atoms with Gasteiger partial charge in [0.1, 0.15) is 5.75 Å². The molecule has 1 saturated heterocycles. The average Bonchev–Trinajstić information content (AvgIpc) is 2.71. The number of hydrogen-bond acceptors (Lipinski definition) is 6. The number of piperazine rings is 1. The van der Waals surface area contributed by atoms with Crippen LogP contribution in [0.15, 0.2) is 30.3 Å². The topological polar surface area (TPSA) is 111 Å². The monoisotopic (exact) mass is 400 g/mol. The van der Waals surface area contributed by atoms with E-state index in [1.165, 1.54) is 4.90 Å². The van der Waals surface area contributed by atoms with Crippen molar-refractivity contribution in [2.45, 2.75) is 13.8 Å². The van der Waals surface area contributed by atoms with Crippen LogP contribution in [0, 0.1) is 13.8 Å². The Kier molecular flexibility index (Phi) is 5.81. The molecule has 0 aromatic heterocycles. The van der Waals surface area contributed by atoms with Crippen LogP contribution < -0.4 is 4.74 Å². The Morgan fingerprint density at radius 2 is 1.48 bits per heavy atom. The van der Waals surface area contributed by atoms with Crippen molar-refractivity contribution in [3.05, 3.63) is 47.0 Å². The van der Waals surface area contributed by atoms with Crippen molar-refractivity contribution in [1.29, 1.82) is 0 Å². The summed E-state index contributed by atoms with van der Waals surface area (Å²) in [5.74, 6) is -1.71. The lowest BCUT2D eigenvalue weighted by Gasteiger charge is -2.34. The van der Waals surface area contributed by atoms with Gasteiger partial charge in [0.2, 0.25) is 0 Å². The van der Waals surface area contributed by atoms with Crippen LogP contribution in [0.1, 0.15) is 21.5 Å². The Morgan fingerprint density at radius 3 is 2.07 bits per heavy atom. The number of phenolic OH excluding ortho intramolecular Hbond substituents is 3. The zero-order valence-electron chi connectivity index (χ0n) is 16.4. The predicted molar refractivity (Wildman–Crippen MR) is 105 cm³/mol. The summed E-state index contributed by atoms with van der Waals surface area (Å²) in [6.45, 7) is 5.26. The van der Waals surface area contributed by atoms with Gasteiger partial charge in [-0.2, -0.15) is 0 Å². The molecule has 1 heterocycles. The fourth-order valence-corrected chi connectivity index (χ4v) is 3.11. The quantitative estimate of drug-likeness (QED) is 0.675. The van der Waals surface area contributed by atoms with Crippen molar-refractivity contribution in [2.75, 3.05) is 32.8 Å². The fourth-order valence-electron chi connectivity index (χ4n) is 3.11. The van der Waals surface area contributed by atoms with Crippen molar-refractivity contribution >= 4 is 11.8 Å². The van der Waals surface area contributed by atoms with Crippen LogP contribution in [-0.2, 0) is 4.79 Å². The van der Waals surface area contributed by atoms with Crippen LogP contribution in [0.25, 0.3) is 0 Å². The van der Waals surface area contributed by atoms with Gasteiger partial charge in [-0.25, -0.2) is 0 Å². The van der Waals surface area contributed by atoms with Gasteiger partial charge in [-0.05, 0) is 49.2 Å². The molecular weight excluding hydrogens is 376 g/mol. The number of nitrogens with zero attached hydrogens (tertiary/aromatic N) is 2. The lowest BCUT2D eigenvalue weighted by molar-refractivity contribution is -0.134. The van der Waals surface area contributed by atoms with Crippen LogP contribution in [-0.4, -0.2) is 69.7 Å². The normalized spacial score (nSPS) is 14.0. The number of aryl methyl sites for hydroxylation is 2. The largest absolute Gasteiger partial charge is 0.504 e. The first-order valence-electron chi connectivity index (χ1n) is 9.28. The summed E-state index contributed by atoms with van der Waals surface area (Å²) in [5.41, 5.74) is 2.31. The van der Waals surface area contributed by atoms with Gasteiger partial charge in [0.05, 0.1) is 0 Å². The molecule has 2 amide bonds. The number of rotatable bonds is 4. The molecule has 3 rings (SSSR count). The molecule has 0 aliphatic carbocycles. The molecule has 2 aromatic rings. The minimum Gasteiger partial charge on any atom is -0.504 e. The molecule has 0 spiro atoms. The molecule has 29 heavy (non-hydrogen) atoms. The molecule has 0 bridgehead atoms. The van der Waals surface area contributed by atoms with Crippen molar-refractivity contribution < 1.29 is 29.6 Å². The molecule has 0 atom stereocenters. The Morgan fingerprint density at radius 1 is 0.897 bits per heavy atom. The molecule has 3 N–H and O–H groups in total. The summed E-state index contributed by atoms with van der Waals surface area (Å²) in [6.07, 6.45) is 0. The number of carbonyl (C=O) groups is 2. The summed E-state index contributed by atoms with van der Waals surface area (Å²) < 4.78 is 5.59. The van der Waals surface area contributed by atoms with Gasteiger partial charge in [0, 0.05) is 31.7 Å². The van der Waals surface area contributed by atoms with Crippen molar-refractivity contribution in [1.82, 2.24) is 9.80 Å². The van der Waals surface area contributed by atoms with Gasteiger partial charge in [-0.15, -0.1) is 0 Å². The van der Waals surface area contributed by atoms with Gasteiger partial charge in [0.15, 0.2) is 23.9 Å². The molecule has 0 saturated carbocycles. The van der Waals surface area contributed by atoms with Crippen LogP contribution in [0.2, 0.25) is 0 Å². The second-order valence-electron chi connectivity index (χ2n) is 7.07. The van der Waals surface area contributed by atoms with E-state index in [0.29, 0.717) is 31.9 Å². The molecule has 8 nitrogen and oxygen atoms in total. The number of aromatic hydroxyl groups is 3. The number of ether oxygens (including phenoxy) is 1. The Hall–Kier alpha value is -3.42. The summed E-state index contributed by atoms with van der Waals surface area (Å²) in [6, 6.07) is 7.87. The number of phenols is 3. The second kappa shape index (κ2) is 8.30. The minimum atomic E-state index is -0.666. The van der Waals surface area contributed by atoms with E-state index in [-0.39, 0.29) is 18.1 Å². The van der Waals surface area contributed by atoms with Crippen LogP contribution in [0.4, 0.5) is 0 Å². The summed E-state index contributed by atoms with van der Waals surface area (Å²) in [7, 11) is 0. The lowest BCUT2D eigenvalue weighted by Crippen LogP contribution is -2.51. The van der Waals surface area contributed by atoms with E-state index in [9.17, 15) is 24.9 Å². The van der Waals surface area contributed by atoms with Gasteiger partial charge < -0.3 is 29.9 Å². The molecule has 1 fully saturated rings. The molecule has 8 heteroatoms. The Labute approximate surface area is 168 Å². The summed E-state index contributed by atoms with van der Waals surface area (Å²) in [4.78, 5) is 28.1. The van der Waals surface area contributed by atoms with Gasteiger partial charge in [0.25, 0.3) is 11.8 Å². The lowest BCUT2D eigenvalue weighted by atomic mass is 10.1. The first kappa shape index (κ1) is 20.3. The summed E-state index contributed by atoms with van der Waals surface area (Å²) in [5, 5.41) is 28.6. The second-order valence-corrected chi connectivity index (χ2v) is 7.07. The highest BCUT2D eigenvalue weighted by Gasteiger charge is 2.26. The van der Waals surface area contributed by atoms with Crippen LogP contribution in [0.5, 0.6) is 23.0 Å². The number of amides is 2. The maximum Gasteiger partial charge on any atom is 0.260 e. The first-order valence-corrected chi connectivity index (χ1v) is 9.28. The molecule has 1 aliphatic heterocycles. The fraction of sp³-hybridized carbons (Fsp3) is 0.333. The Balaban J connectivity index is 1.53. The maximum absolute atomic E-state index is 12.6. The SMILES string of the molecule is Cc1ccc(OCC(=O)N2CCN(C(=O)c3cc(O)c(O)c(O)c3)CC2)cc1C. The third-order valence-corrected chi connectivity index (χ3v) is 5.08. The maximum atomic E-state index is 12.6. The molecule has 1 aliphatic rings. The van der Waals surface area contributed by atoms with Crippen molar-refractivity contribution in [3.63, 3.8) is 0 Å². The Bertz CT molecular complexity index is 912. The van der Waals surface area contributed by atoms with Crippen molar-refractivity contribution in [2.24, 2.45) is 0 Å². The average molecular weight is 400 g/mol. The molecule has 0 unspecified atom stereocenters. The van der Waals surface area contributed by atoms with E-state index < -0.39 is 23.2 Å². The highest BCUT2D eigenvalue weighted by molar-refractivity contribution is 5.95. The molecule has 154 valence electrons. The van der Waals surface area contributed by atoms with E-state index in [4.69, 9.17) is 4.74 Å². The number of hydrogen-bond donors (Lipinski definition) is 3. The van der Waals surface area contributed by atoms with Crippen LogP contribution in [0.3, 0.4) is 0 Å². The standard InChI is InChI=1S/C21H24N2O6/c1-13-3-4-16(9-14(13)2)29-12-19(26)22-5-7-23(8-6-22)21(28)15-10-17(24)20(27)18(25)11-15/h3-4,9-11,24-25,27H,5-8,12H2,1-2H3. The number of carbonyl (C=O) groups excluding carboxylic acids is 2. The predicted octanol–water partition coefficient (Wildman–Crippen LogP) is 1.78. The summed E-state index contributed by atoms with van der Waals surface area (Å²) >= 11 is 0. The van der Waals surface area contributed by atoms with Crippen molar-refractivity contribution in [3.8, 4) is 23.0 Å². The molecule has 2 aromatic carbocycles. The molecule has 0 radical (unpaired) electrons. The van der Waals surface area contributed by atoms with Gasteiger partial charge in [-0.3, -0.25) is 9.59 Å². The van der Waals surface area contributed by atoms with E-state index in [2.05, 4.69) is 0 Å². The van der Waals surface area contributed by atoms with Gasteiger partial charge >= 0.3 is 0 Å². The highest BCUT2D eigenvalue weighted by atomic mass is 16.5. The van der Waals surface area contributed by atoms with E-state index in [0.717, 1.165) is 23.3 Å². The molecular formula is C21H24N2O6. The van der Waals surface area contributed by atoms with Crippen LogP contribution >= 0.6 is 0 Å². The van der Waals surface area contributed by atoms with Gasteiger partial charge in [-0.1, -0.05) is 6.07 Å². The van der Waals surface area contributed by atoms with E-state index >= 15 is 0 Å². The zero-order chi connectivity index (χ0) is 21.1. The highest BCUT2D eigenvalue weighted by Crippen LogP contribution is 2.35. The number of benzene rings is 2. The zero-order valence-corrected chi connectivity index (χ0v) is 16.4. The third-order valence-electron chi connectivity index (χ3n) is 5.08. The third kappa shape index (κ3) is 4.53. The smallest absolute Gasteiger partial charge is 0.260 e. The minimum absolute atomic E-state index is 0.0654. The first-order chi connectivity index (χ1) is 13.8. The van der Waals surface area contributed by atoms with E-state index in [1.807, 2.05) is 32.0 Å². The van der Waals surface area contributed by atoms with E-state index in [1.54, 1.807) is 4.90 Å².